The van der Waals surface area contributed by atoms with E-state index in [-0.39, 0.29) is 23.0 Å². The predicted molar refractivity (Wildman–Crippen MR) is 264 cm³/mol. The first-order valence-electron chi connectivity index (χ1n) is 21.7. The minimum Gasteiger partial charge on any atom is -0.311 e. The molecule has 7 aromatic carbocycles. The summed E-state index contributed by atoms with van der Waals surface area (Å²) in [4.78, 5) is 2.63. The molecule has 0 saturated heterocycles. The van der Waals surface area contributed by atoms with Crippen molar-refractivity contribution in [1.29, 1.82) is 0 Å². The van der Waals surface area contributed by atoms with Gasteiger partial charge in [-0.25, -0.2) is 0 Å². The molecule has 2 aliphatic heterocycles. The molecule has 2 aromatic heterocycles. The van der Waals surface area contributed by atoms with Gasteiger partial charge in [0.05, 0.1) is 5.69 Å². The molecule has 0 fully saturated rings. The van der Waals surface area contributed by atoms with Crippen molar-refractivity contribution in [3.05, 3.63) is 156 Å². The van der Waals surface area contributed by atoms with E-state index in [9.17, 15) is 0 Å². The molecular formula is C56H48BNS2. The summed E-state index contributed by atoms with van der Waals surface area (Å²) < 4.78 is 5.62. The zero-order valence-electron chi connectivity index (χ0n) is 35.5. The van der Waals surface area contributed by atoms with Crippen molar-refractivity contribution in [2.45, 2.75) is 77.6 Å². The highest BCUT2D eigenvalue weighted by atomic mass is 32.1. The van der Waals surface area contributed by atoms with Crippen LogP contribution in [0.4, 0.5) is 17.1 Å². The van der Waals surface area contributed by atoms with E-state index in [0.717, 1.165) is 0 Å². The second-order valence-electron chi connectivity index (χ2n) is 19.9. The van der Waals surface area contributed by atoms with E-state index in [1.165, 1.54) is 120 Å². The van der Waals surface area contributed by atoms with Crippen LogP contribution in [0.5, 0.6) is 0 Å². The molecule has 9 aromatic rings. The van der Waals surface area contributed by atoms with Gasteiger partial charge in [-0.05, 0) is 138 Å². The molecule has 292 valence electrons. The molecule has 0 radical (unpaired) electrons. The second-order valence-corrected chi connectivity index (χ2v) is 22.1. The Morgan fingerprint density at radius 2 is 1.25 bits per heavy atom. The van der Waals surface area contributed by atoms with Gasteiger partial charge in [-0.2, -0.15) is 0 Å². The molecule has 0 N–H and O–H groups in total. The predicted octanol–water partition coefficient (Wildman–Crippen LogP) is 14.5. The number of fused-ring (bicyclic) bond motifs is 11. The van der Waals surface area contributed by atoms with Crippen molar-refractivity contribution < 1.29 is 0 Å². The van der Waals surface area contributed by atoms with Gasteiger partial charge >= 0.3 is 0 Å². The smallest absolute Gasteiger partial charge is 0.260 e. The fourth-order valence-electron chi connectivity index (χ4n) is 10.9. The van der Waals surface area contributed by atoms with Crippen LogP contribution in [0.15, 0.2) is 140 Å². The monoisotopic (exact) mass is 809 g/mol. The van der Waals surface area contributed by atoms with Crippen LogP contribution >= 0.6 is 22.7 Å². The van der Waals surface area contributed by atoms with Gasteiger partial charge in [0.2, 0.25) is 0 Å². The van der Waals surface area contributed by atoms with E-state index in [1.807, 2.05) is 22.7 Å². The molecular weight excluding hydrogens is 762 g/mol. The fraction of sp³-hybridized carbons (Fsp3) is 0.214. The summed E-state index contributed by atoms with van der Waals surface area (Å²) >= 11 is 3.97. The van der Waals surface area contributed by atoms with Crippen molar-refractivity contribution in [3.63, 3.8) is 0 Å². The van der Waals surface area contributed by atoms with Crippen molar-refractivity contribution in [3.8, 4) is 33.4 Å². The van der Waals surface area contributed by atoms with Crippen molar-refractivity contribution >= 4 is 92.4 Å². The lowest BCUT2D eigenvalue weighted by atomic mass is 9.39. The number of nitrogens with zero attached hydrogens (tertiary/aromatic N) is 1. The van der Waals surface area contributed by atoms with Crippen molar-refractivity contribution in [1.82, 2.24) is 0 Å². The number of hydrogen-bond donors (Lipinski definition) is 0. The van der Waals surface area contributed by atoms with E-state index in [4.69, 9.17) is 0 Å². The highest BCUT2D eigenvalue weighted by Crippen LogP contribution is 2.53. The topological polar surface area (TPSA) is 3.24 Å². The third-order valence-corrected chi connectivity index (χ3v) is 16.7. The third kappa shape index (κ3) is 5.17. The number of anilines is 3. The Labute approximate surface area is 362 Å². The van der Waals surface area contributed by atoms with Gasteiger partial charge in [0.1, 0.15) is 0 Å². The molecule has 4 heteroatoms. The Balaban J connectivity index is 1.20. The maximum absolute atomic E-state index is 2.63. The summed E-state index contributed by atoms with van der Waals surface area (Å²) in [5.41, 5.74) is 19.3. The molecule has 0 amide bonds. The highest BCUT2D eigenvalue weighted by Gasteiger charge is 2.46. The first-order valence-corrected chi connectivity index (χ1v) is 23.3. The van der Waals surface area contributed by atoms with Crippen LogP contribution in [0.2, 0.25) is 0 Å². The maximum atomic E-state index is 2.63. The summed E-state index contributed by atoms with van der Waals surface area (Å²) in [7, 11) is 0. The molecule has 0 atom stereocenters. The normalized spacial score (nSPS) is 16.0. The zero-order chi connectivity index (χ0) is 40.9. The van der Waals surface area contributed by atoms with Crippen LogP contribution in [0.25, 0.3) is 63.6 Å². The summed E-state index contributed by atoms with van der Waals surface area (Å²) in [6.45, 7) is 17.0. The van der Waals surface area contributed by atoms with E-state index >= 15 is 0 Å². The van der Waals surface area contributed by atoms with E-state index in [1.54, 1.807) is 5.56 Å². The standard InChI is InChI=1S/C56H48BNS2/c1-54(2,3)35-24-25-45(39(30-35)33-16-9-8-10-17-33)58-46-22-13-12-21-44(46)57-51-41(50-40-31-42-43(32-49(40)60-53(50)57)56(6,7)27-26-55(42,4)5)28-34(29-47(51)58)36-19-15-20-38-37-18-11-14-23-48(37)59-52(36)38/h8-25,28-32H,26-27H2,1-7H3. The molecule has 4 heterocycles. The minimum atomic E-state index is 0.00929. The Kier molecular flexibility index (Phi) is 7.63. The summed E-state index contributed by atoms with van der Waals surface area (Å²) in [5, 5.41) is 4.10. The first kappa shape index (κ1) is 36.4. The molecule has 0 unspecified atom stereocenters. The number of hydrogen-bond acceptors (Lipinski definition) is 3. The molecule has 1 nitrogen and oxygen atoms in total. The largest absolute Gasteiger partial charge is 0.311 e. The quantitative estimate of drug-likeness (QED) is 0.161. The van der Waals surface area contributed by atoms with Gasteiger partial charge in [-0.3, -0.25) is 0 Å². The Morgan fingerprint density at radius 1 is 0.533 bits per heavy atom. The lowest BCUT2D eigenvalue weighted by molar-refractivity contribution is 0.332. The molecule has 3 aliphatic rings. The minimum absolute atomic E-state index is 0.00929. The first-order chi connectivity index (χ1) is 28.9. The number of thiophene rings is 2. The summed E-state index contributed by atoms with van der Waals surface area (Å²) in [6.07, 6.45) is 2.42. The Bertz CT molecular complexity index is 3260. The molecule has 0 spiro atoms. The molecule has 60 heavy (non-hydrogen) atoms. The molecule has 1 aliphatic carbocycles. The number of para-hydroxylation sites is 1. The molecule has 0 saturated carbocycles. The maximum Gasteiger partial charge on any atom is 0.260 e. The molecule has 0 bridgehead atoms. The van der Waals surface area contributed by atoms with E-state index in [2.05, 4.69) is 193 Å². The zero-order valence-corrected chi connectivity index (χ0v) is 37.2. The number of benzene rings is 7. The van der Waals surface area contributed by atoms with E-state index in [0.29, 0.717) is 0 Å². The fourth-order valence-corrected chi connectivity index (χ4v) is 13.5. The van der Waals surface area contributed by atoms with Crippen molar-refractivity contribution in [2.75, 3.05) is 4.90 Å². The Morgan fingerprint density at radius 3 is 2.05 bits per heavy atom. The Hall–Kier alpha value is -5.42. The summed E-state index contributed by atoms with van der Waals surface area (Å²) in [5.74, 6) is 0. The third-order valence-electron chi connectivity index (χ3n) is 14.3. The summed E-state index contributed by atoms with van der Waals surface area (Å²) in [6, 6.07) is 53.8. The highest BCUT2D eigenvalue weighted by molar-refractivity contribution is 7.34. The molecule has 12 rings (SSSR count). The van der Waals surface area contributed by atoms with Crippen LogP contribution in [0.1, 0.15) is 78.0 Å². The van der Waals surface area contributed by atoms with Crippen LogP contribution in [-0.2, 0) is 16.2 Å². The van der Waals surface area contributed by atoms with Gasteiger partial charge in [0.25, 0.3) is 6.71 Å². The lowest BCUT2D eigenvalue weighted by Gasteiger charge is -2.42. The van der Waals surface area contributed by atoms with Gasteiger partial charge in [0, 0.05) is 47.2 Å². The average Bonchev–Trinajstić information content (AvgIpc) is 3.91. The van der Waals surface area contributed by atoms with Crippen LogP contribution in [0.3, 0.4) is 0 Å². The van der Waals surface area contributed by atoms with E-state index < -0.39 is 0 Å². The van der Waals surface area contributed by atoms with Crippen LogP contribution in [-0.4, -0.2) is 6.71 Å². The van der Waals surface area contributed by atoms with Gasteiger partial charge < -0.3 is 4.90 Å². The average molecular weight is 810 g/mol. The van der Waals surface area contributed by atoms with Crippen LogP contribution < -0.4 is 20.6 Å². The lowest BCUT2D eigenvalue weighted by Crippen LogP contribution is -2.54. The SMILES string of the molecule is CC(C)(C)c1ccc(N2c3ccccc3B3c4sc5cc6c(cc5c4-c4cc(-c5cccc7c5sc5ccccc57)cc2c43)C(C)(C)CCC6(C)C)c(-c2ccccc2)c1. The van der Waals surface area contributed by atoms with Crippen LogP contribution in [0, 0.1) is 0 Å². The van der Waals surface area contributed by atoms with Gasteiger partial charge in [0.15, 0.2) is 0 Å². The van der Waals surface area contributed by atoms with Gasteiger partial charge in [-0.15, -0.1) is 22.7 Å². The number of rotatable bonds is 3. The van der Waals surface area contributed by atoms with Gasteiger partial charge in [-0.1, -0.05) is 139 Å². The van der Waals surface area contributed by atoms with Crippen molar-refractivity contribution in [2.24, 2.45) is 0 Å². The second kappa shape index (κ2) is 12.6.